The minimum absolute atomic E-state index is 0.777. The van der Waals surface area contributed by atoms with Crippen molar-refractivity contribution in [3.05, 3.63) is 41.5 Å². The summed E-state index contributed by atoms with van der Waals surface area (Å²) in [5.41, 5.74) is 1.88. The molecule has 2 aromatic carbocycles. The van der Waals surface area contributed by atoms with Gasteiger partial charge in [-0.25, -0.2) is 0 Å². The van der Waals surface area contributed by atoms with Gasteiger partial charge in [-0.1, -0.05) is 18.2 Å². The number of aldehydes is 1. The number of benzene rings is 2. The van der Waals surface area contributed by atoms with Crippen LogP contribution in [0, 0.1) is 0 Å². The van der Waals surface area contributed by atoms with Crippen LogP contribution in [-0.2, 0) is 6.54 Å². The number of hydrogen-bond acceptors (Lipinski definition) is 4. The van der Waals surface area contributed by atoms with Gasteiger partial charge in [0.05, 0.1) is 7.11 Å². The number of rotatable bonds is 4. The first-order chi connectivity index (χ1) is 10.7. The second-order valence-electron chi connectivity index (χ2n) is 5.92. The Kier molecular flexibility index (Phi) is 4.41. The fourth-order valence-corrected chi connectivity index (χ4v) is 3.02. The maximum absolute atomic E-state index is 11.5. The van der Waals surface area contributed by atoms with Gasteiger partial charge in [0, 0.05) is 38.3 Å². The molecule has 0 amide bonds. The first kappa shape index (κ1) is 15.0. The van der Waals surface area contributed by atoms with Crippen LogP contribution >= 0.6 is 0 Å². The predicted molar refractivity (Wildman–Crippen MR) is 88.7 cm³/mol. The monoisotopic (exact) mass is 298 g/mol. The number of hydrogen-bond donors (Lipinski definition) is 0. The van der Waals surface area contributed by atoms with Gasteiger partial charge in [0.25, 0.3) is 0 Å². The van der Waals surface area contributed by atoms with Crippen LogP contribution in [0.3, 0.4) is 0 Å². The van der Waals surface area contributed by atoms with Crippen LogP contribution in [0.5, 0.6) is 5.75 Å². The lowest BCUT2D eigenvalue weighted by atomic mass is 9.98. The average Bonchev–Trinajstić information content (AvgIpc) is 2.56. The molecule has 1 aliphatic rings. The summed E-state index contributed by atoms with van der Waals surface area (Å²) in [6, 6.07) is 9.98. The maximum Gasteiger partial charge on any atom is 0.150 e. The van der Waals surface area contributed by atoms with E-state index in [4.69, 9.17) is 4.74 Å². The molecule has 22 heavy (non-hydrogen) atoms. The van der Waals surface area contributed by atoms with Crippen LogP contribution < -0.4 is 4.74 Å². The van der Waals surface area contributed by atoms with Crippen molar-refractivity contribution in [1.29, 1.82) is 0 Å². The molecule has 1 aliphatic heterocycles. The summed E-state index contributed by atoms with van der Waals surface area (Å²) < 4.78 is 5.35. The Labute approximate surface area is 131 Å². The molecule has 0 radical (unpaired) electrons. The van der Waals surface area contributed by atoms with Crippen molar-refractivity contribution in [3.8, 4) is 5.75 Å². The van der Waals surface area contributed by atoms with Crippen molar-refractivity contribution >= 4 is 17.1 Å². The lowest BCUT2D eigenvalue weighted by Crippen LogP contribution is -2.44. The van der Waals surface area contributed by atoms with Crippen LogP contribution in [-0.4, -0.2) is 56.4 Å². The highest BCUT2D eigenvalue weighted by molar-refractivity contribution is 5.93. The van der Waals surface area contributed by atoms with E-state index in [0.29, 0.717) is 0 Å². The molecule has 4 heteroatoms. The van der Waals surface area contributed by atoms with Gasteiger partial charge in [0.15, 0.2) is 0 Å². The highest BCUT2D eigenvalue weighted by Crippen LogP contribution is 2.27. The standard InChI is InChI=1S/C18H22N2O2/c1-19-7-9-20(10-8-19)12-18-15(13-21)4-3-14-5-6-16(22-2)11-17(14)18/h3-6,11,13H,7-10,12H2,1-2H3. The third kappa shape index (κ3) is 2.98. The van der Waals surface area contributed by atoms with E-state index >= 15 is 0 Å². The van der Waals surface area contributed by atoms with Crippen molar-refractivity contribution in [1.82, 2.24) is 9.80 Å². The number of ether oxygens (including phenoxy) is 1. The topological polar surface area (TPSA) is 32.8 Å². The van der Waals surface area contributed by atoms with Crippen molar-refractivity contribution in [3.63, 3.8) is 0 Å². The minimum atomic E-state index is 0.777. The number of likely N-dealkylation sites (N-methyl/N-ethyl adjacent to an activating group) is 1. The Morgan fingerprint density at radius 3 is 2.55 bits per heavy atom. The molecule has 0 aliphatic carbocycles. The third-order valence-electron chi connectivity index (χ3n) is 4.48. The Morgan fingerprint density at radius 2 is 1.86 bits per heavy atom. The molecule has 0 N–H and O–H groups in total. The van der Waals surface area contributed by atoms with E-state index in [-0.39, 0.29) is 0 Å². The molecule has 0 atom stereocenters. The fraction of sp³-hybridized carbons (Fsp3) is 0.389. The molecule has 0 saturated carbocycles. The van der Waals surface area contributed by atoms with E-state index in [1.165, 1.54) is 0 Å². The summed E-state index contributed by atoms with van der Waals surface area (Å²) in [5.74, 6) is 0.829. The largest absolute Gasteiger partial charge is 0.497 e. The minimum Gasteiger partial charge on any atom is -0.497 e. The predicted octanol–water partition coefficient (Wildman–Crippen LogP) is 2.41. The van der Waals surface area contributed by atoms with Gasteiger partial charge >= 0.3 is 0 Å². The second kappa shape index (κ2) is 6.46. The maximum atomic E-state index is 11.5. The molecule has 3 rings (SSSR count). The molecule has 0 aromatic heterocycles. The zero-order valence-corrected chi connectivity index (χ0v) is 13.2. The first-order valence-electron chi connectivity index (χ1n) is 7.67. The molecule has 1 heterocycles. The Hall–Kier alpha value is -1.91. The zero-order chi connectivity index (χ0) is 15.5. The van der Waals surface area contributed by atoms with Crippen LogP contribution in [0.4, 0.5) is 0 Å². The number of carbonyl (C=O) groups is 1. The summed E-state index contributed by atoms with van der Waals surface area (Å²) in [5, 5.41) is 2.26. The number of piperazine rings is 1. The van der Waals surface area contributed by atoms with Crippen molar-refractivity contribution in [2.75, 3.05) is 40.3 Å². The number of carbonyl (C=O) groups excluding carboxylic acids is 1. The van der Waals surface area contributed by atoms with Gasteiger partial charge in [-0.15, -0.1) is 0 Å². The van der Waals surface area contributed by atoms with Crippen molar-refractivity contribution < 1.29 is 9.53 Å². The lowest BCUT2D eigenvalue weighted by Gasteiger charge is -2.32. The SMILES string of the molecule is COc1ccc2ccc(C=O)c(CN3CCN(C)CC3)c2c1. The van der Waals surface area contributed by atoms with Crippen LogP contribution in [0.15, 0.2) is 30.3 Å². The Bertz CT molecular complexity index is 676. The fourth-order valence-electron chi connectivity index (χ4n) is 3.02. The Morgan fingerprint density at radius 1 is 1.14 bits per heavy atom. The number of fused-ring (bicyclic) bond motifs is 1. The molecule has 0 bridgehead atoms. The van der Waals surface area contributed by atoms with Gasteiger partial charge in [0.1, 0.15) is 12.0 Å². The van der Waals surface area contributed by atoms with Gasteiger partial charge in [-0.2, -0.15) is 0 Å². The quantitative estimate of drug-likeness (QED) is 0.812. The van der Waals surface area contributed by atoms with E-state index in [1.807, 2.05) is 24.3 Å². The summed E-state index contributed by atoms with van der Waals surface area (Å²) in [6.45, 7) is 5.03. The normalized spacial score (nSPS) is 16.8. The number of nitrogens with zero attached hydrogens (tertiary/aromatic N) is 2. The van der Waals surface area contributed by atoms with E-state index in [0.717, 1.165) is 66.7 Å². The van der Waals surface area contributed by atoms with E-state index in [2.05, 4.69) is 22.9 Å². The van der Waals surface area contributed by atoms with Gasteiger partial charge in [-0.05, 0) is 35.5 Å². The molecule has 0 spiro atoms. The summed E-state index contributed by atoms with van der Waals surface area (Å²) >= 11 is 0. The van der Waals surface area contributed by atoms with E-state index in [9.17, 15) is 4.79 Å². The van der Waals surface area contributed by atoms with E-state index in [1.54, 1.807) is 7.11 Å². The van der Waals surface area contributed by atoms with Crippen LogP contribution in [0.1, 0.15) is 15.9 Å². The van der Waals surface area contributed by atoms with Crippen molar-refractivity contribution in [2.45, 2.75) is 6.54 Å². The highest BCUT2D eigenvalue weighted by Gasteiger charge is 2.17. The van der Waals surface area contributed by atoms with Crippen LogP contribution in [0.2, 0.25) is 0 Å². The van der Waals surface area contributed by atoms with Gasteiger partial charge in [-0.3, -0.25) is 9.69 Å². The van der Waals surface area contributed by atoms with Crippen molar-refractivity contribution in [2.24, 2.45) is 0 Å². The second-order valence-corrected chi connectivity index (χ2v) is 5.92. The molecular weight excluding hydrogens is 276 g/mol. The zero-order valence-electron chi connectivity index (χ0n) is 13.2. The average molecular weight is 298 g/mol. The van der Waals surface area contributed by atoms with Gasteiger partial charge in [0.2, 0.25) is 0 Å². The Balaban J connectivity index is 1.99. The third-order valence-corrected chi connectivity index (χ3v) is 4.48. The molecule has 0 unspecified atom stereocenters. The first-order valence-corrected chi connectivity index (χ1v) is 7.67. The smallest absolute Gasteiger partial charge is 0.150 e. The summed E-state index contributed by atoms with van der Waals surface area (Å²) in [4.78, 5) is 16.2. The molecule has 4 nitrogen and oxygen atoms in total. The van der Waals surface area contributed by atoms with E-state index < -0.39 is 0 Å². The highest BCUT2D eigenvalue weighted by atomic mass is 16.5. The lowest BCUT2D eigenvalue weighted by molar-refractivity contribution is 0.111. The molecule has 116 valence electrons. The van der Waals surface area contributed by atoms with Gasteiger partial charge < -0.3 is 9.64 Å². The molecular formula is C18H22N2O2. The molecule has 1 fully saturated rings. The summed E-state index contributed by atoms with van der Waals surface area (Å²) in [7, 11) is 3.82. The number of methoxy groups -OCH3 is 1. The van der Waals surface area contributed by atoms with Crippen LogP contribution in [0.25, 0.3) is 10.8 Å². The summed E-state index contributed by atoms with van der Waals surface area (Å²) in [6.07, 6.45) is 0.963. The molecule has 2 aromatic rings. The molecule has 1 saturated heterocycles.